The fourth-order valence-electron chi connectivity index (χ4n) is 4.94. The average Bonchev–Trinajstić information content (AvgIpc) is 3.34. The van der Waals surface area contributed by atoms with Crippen molar-refractivity contribution in [3.63, 3.8) is 0 Å². The number of piperidine rings is 1. The van der Waals surface area contributed by atoms with Crippen molar-refractivity contribution in [2.45, 2.75) is 55.7 Å². The van der Waals surface area contributed by atoms with Crippen molar-refractivity contribution in [3.05, 3.63) is 52.8 Å². The van der Waals surface area contributed by atoms with Gasteiger partial charge in [-0.15, -0.1) is 0 Å². The van der Waals surface area contributed by atoms with Crippen molar-refractivity contribution in [1.82, 2.24) is 20.0 Å². The second-order valence-electron chi connectivity index (χ2n) is 9.35. The number of nitrogens with one attached hydrogen (secondary N) is 1. The van der Waals surface area contributed by atoms with Crippen molar-refractivity contribution in [1.29, 1.82) is 0 Å². The SMILES string of the molecule is O=C(N1CCC(O)C1)N1CC(c2ccc(C(F)(F)F)cc2)CC(c2cc(C3CC3)[nH]n2)C1. The number of benzene rings is 1. The lowest BCUT2D eigenvalue weighted by Gasteiger charge is -2.39. The van der Waals surface area contributed by atoms with Gasteiger partial charge in [0.25, 0.3) is 0 Å². The molecule has 3 unspecified atom stereocenters. The van der Waals surface area contributed by atoms with E-state index in [0.717, 1.165) is 41.9 Å². The number of aromatic amines is 1. The number of urea groups is 1. The van der Waals surface area contributed by atoms with Crippen LogP contribution in [0.1, 0.15) is 66.0 Å². The zero-order valence-electron chi connectivity index (χ0n) is 17.7. The molecule has 5 rings (SSSR count). The van der Waals surface area contributed by atoms with Crippen LogP contribution in [0.25, 0.3) is 0 Å². The number of nitrogens with zero attached hydrogens (tertiary/aromatic N) is 3. The Bertz CT molecular complexity index is 970. The maximum absolute atomic E-state index is 13.2. The lowest BCUT2D eigenvalue weighted by atomic mass is 9.82. The summed E-state index contributed by atoms with van der Waals surface area (Å²) < 4.78 is 39.0. The van der Waals surface area contributed by atoms with Crippen LogP contribution in [-0.2, 0) is 6.18 Å². The predicted molar refractivity (Wildman–Crippen MR) is 111 cm³/mol. The topological polar surface area (TPSA) is 72.5 Å². The highest BCUT2D eigenvalue weighted by molar-refractivity contribution is 5.75. The van der Waals surface area contributed by atoms with Gasteiger partial charge in [-0.3, -0.25) is 5.10 Å². The third kappa shape index (κ3) is 4.35. The maximum atomic E-state index is 13.2. The number of aliphatic hydroxyl groups is 1. The molecule has 1 saturated carbocycles. The minimum Gasteiger partial charge on any atom is -0.391 e. The van der Waals surface area contributed by atoms with Crippen LogP contribution in [0.3, 0.4) is 0 Å². The third-order valence-corrected chi connectivity index (χ3v) is 6.92. The molecule has 2 aliphatic heterocycles. The maximum Gasteiger partial charge on any atom is 0.416 e. The smallest absolute Gasteiger partial charge is 0.391 e. The molecule has 2 saturated heterocycles. The normalized spacial score (nSPS) is 26.6. The second-order valence-corrected chi connectivity index (χ2v) is 9.35. The highest BCUT2D eigenvalue weighted by Crippen LogP contribution is 2.42. The monoisotopic (exact) mass is 448 g/mol. The van der Waals surface area contributed by atoms with Gasteiger partial charge >= 0.3 is 12.2 Å². The van der Waals surface area contributed by atoms with Gasteiger partial charge in [0.05, 0.1) is 17.4 Å². The van der Waals surface area contributed by atoms with Crippen LogP contribution < -0.4 is 0 Å². The molecule has 1 aromatic heterocycles. The first kappa shape index (κ1) is 21.3. The van der Waals surface area contributed by atoms with Gasteiger partial charge in [-0.2, -0.15) is 18.3 Å². The number of aromatic nitrogens is 2. The third-order valence-electron chi connectivity index (χ3n) is 6.92. The molecule has 0 spiro atoms. The molecule has 0 bridgehead atoms. The van der Waals surface area contributed by atoms with Gasteiger partial charge in [0.2, 0.25) is 0 Å². The molecule has 32 heavy (non-hydrogen) atoms. The average molecular weight is 448 g/mol. The van der Waals surface area contributed by atoms with Crippen LogP contribution in [-0.4, -0.2) is 63.4 Å². The van der Waals surface area contributed by atoms with Crippen LogP contribution in [0.2, 0.25) is 0 Å². The minimum atomic E-state index is -4.37. The summed E-state index contributed by atoms with van der Waals surface area (Å²) in [4.78, 5) is 16.6. The van der Waals surface area contributed by atoms with E-state index >= 15 is 0 Å². The Morgan fingerprint density at radius 2 is 1.72 bits per heavy atom. The van der Waals surface area contributed by atoms with E-state index in [4.69, 9.17) is 0 Å². The zero-order valence-corrected chi connectivity index (χ0v) is 17.7. The van der Waals surface area contributed by atoms with Crippen LogP contribution in [0.15, 0.2) is 30.3 Å². The van der Waals surface area contributed by atoms with Gasteiger partial charge in [-0.1, -0.05) is 12.1 Å². The highest BCUT2D eigenvalue weighted by Gasteiger charge is 2.37. The molecule has 2 amide bonds. The minimum absolute atomic E-state index is 0.00345. The first-order valence-corrected chi connectivity index (χ1v) is 11.2. The summed E-state index contributed by atoms with van der Waals surface area (Å²) in [7, 11) is 0. The van der Waals surface area contributed by atoms with Crippen molar-refractivity contribution in [2.75, 3.05) is 26.2 Å². The van der Waals surface area contributed by atoms with E-state index in [1.165, 1.54) is 12.1 Å². The summed E-state index contributed by atoms with van der Waals surface area (Å²) >= 11 is 0. The van der Waals surface area contributed by atoms with Gasteiger partial charge in [-0.05, 0) is 49.4 Å². The van der Waals surface area contributed by atoms with Crippen LogP contribution in [0, 0.1) is 0 Å². The standard InChI is InChI=1S/C23H27F3N4O2/c24-23(25,26)18-5-3-14(4-6-18)16-9-17(21-10-20(27-28-21)15-1-2-15)12-30(11-16)22(32)29-8-7-19(31)13-29/h3-6,10,15-17,19,31H,1-2,7-9,11-13H2,(H,27,28). The molecule has 3 heterocycles. The largest absolute Gasteiger partial charge is 0.416 e. The van der Waals surface area contributed by atoms with E-state index in [9.17, 15) is 23.1 Å². The van der Waals surface area contributed by atoms with Gasteiger partial charge in [0.15, 0.2) is 0 Å². The molecule has 2 N–H and O–H groups in total. The number of H-pyrrole nitrogens is 1. The second kappa shape index (κ2) is 8.10. The number of hydrogen-bond acceptors (Lipinski definition) is 3. The number of amides is 2. The molecule has 3 atom stereocenters. The van der Waals surface area contributed by atoms with E-state index in [1.807, 2.05) is 0 Å². The fourth-order valence-corrected chi connectivity index (χ4v) is 4.94. The number of likely N-dealkylation sites (tertiary alicyclic amines) is 2. The Morgan fingerprint density at radius 3 is 2.34 bits per heavy atom. The number of hydrogen-bond donors (Lipinski definition) is 2. The molecular weight excluding hydrogens is 421 g/mol. The molecule has 1 aromatic carbocycles. The van der Waals surface area contributed by atoms with Gasteiger partial charge < -0.3 is 14.9 Å². The van der Waals surface area contributed by atoms with Crippen molar-refractivity contribution in [2.24, 2.45) is 0 Å². The highest BCUT2D eigenvalue weighted by atomic mass is 19.4. The molecule has 3 aliphatic rings. The van der Waals surface area contributed by atoms with Gasteiger partial charge in [0, 0.05) is 49.6 Å². The van der Waals surface area contributed by atoms with E-state index in [2.05, 4.69) is 16.3 Å². The first-order valence-electron chi connectivity index (χ1n) is 11.2. The number of carbonyl (C=O) groups is 1. The summed E-state index contributed by atoms with van der Waals surface area (Å²) in [5, 5.41) is 17.5. The van der Waals surface area contributed by atoms with E-state index in [-0.39, 0.29) is 17.9 Å². The fraction of sp³-hybridized carbons (Fsp3) is 0.565. The molecule has 1 aliphatic carbocycles. The first-order chi connectivity index (χ1) is 15.3. The Balaban J connectivity index is 1.39. The number of carbonyl (C=O) groups excluding carboxylic acids is 1. The number of rotatable bonds is 3. The number of β-amino-alcohol motifs (C(OH)–C–C–N with tert-alkyl or cyclic N) is 1. The zero-order chi connectivity index (χ0) is 22.5. The summed E-state index contributed by atoms with van der Waals surface area (Å²) in [5.74, 6) is 0.444. The number of aliphatic hydroxyl groups excluding tert-OH is 1. The Kier molecular flexibility index (Phi) is 5.39. The Morgan fingerprint density at radius 1 is 1.00 bits per heavy atom. The van der Waals surface area contributed by atoms with Crippen LogP contribution in [0.5, 0.6) is 0 Å². The van der Waals surface area contributed by atoms with Crippen molar-refractivity contribution >= 4 is 6.03 Å². The van der Waals surface area contributed by atoms with E-state index < -0.39 is 17.8 Å². The molecule has 0 radical (unpaired) electrons. The van der Waals surface area contributed by atoms with Crippen LogP contribution in [0.4, 0.5) is 18.0 Å². The molecule has 2 aromatic rings. The molecule has 6 nitrogen and oxygen atoms in total. The summed E-state index contributed by atoms with van der Waals surface area (Å²) in [6.07, 6.45) is -1.29. The summed E-state index contributed by atoms with van der Waals surface area (Å²) in [5.41, 5.74) is 2.15. The molecule has 9 heteroatoms. The molecular formula is C23H27F3N4O2. The van der Waals surface area contributed by atoms with Crippen molar-refractivity contribution in [3.8, 4) is 0 Å². The van der Waals surface area contributed by atoms with Crippen molar-refractivity contribution < 1.29 is 23.1 Å². The van der Waals surface area contributed by atoms with E-state index in [1.54, 1.807) is 9.80 Å². The molecule has 3 fully saturated rings. The Labute approximate surface area is 184 Å². The predicted octanol–water partition coefficient (Wildman–Crippen LogP) is 4.07. The van der Waals surface area contributed by atoms with E-state index in [0.29, 0.717) is 44.9 Å². The molecule has 172 valence electrons. The summed E-state index contributed by atoms with van der Waals surface area (Å²) in [6, 6.07) is 7.24. The van der Waals surface area contributed by atoms with Gasteiger partial charge in [0.1, 0.15) is 0 Å². The quantitative estimate of drug-likeness (QED) is 0.744. The number of halogens is 3. The summed E-state index contributed by atoms with van der Waals surface area (Å²) in [6.45, 7) is 1.78. The van der Waals surface area contributed by atoms with Gasteiger partial charge in [-0.25, -0.2) is 4.79 Å². The lowest BCUT2D eigenvalue weighted by molar-refractivity contribution is -0.137. The lowest BCUT2D eigenvalue weighted by Crippen LogP contribution is -2.48. The Hall–Kier alpha value is -2.55. The number of alkyl halides is 3. The van der Waals surface area contributed by atoms with Crippen LogP contribution >= 0.6 is 0 Å².